The fourth-order valence-corrected chi connectivity index (χ4v) is 3.27. The van der Waals surface area contributed by atoms with Crippen LogP contribution in [0, 0.1) is 5.82 Å². The lowest BCUT2D eigenvalue weighted by molar-refractivity contribution is 0.0940. The van der Waals surface area contributed by atoms with Gasteiger partial charge in [-0.1, -0.05) is 6.07 Å². The van der Waals surface area contributed by atoms with Crippen molar-refractivity contribution in [2.45, 2.75) is 13.0 Å². The normalized spacial score (nSPS) is 11.1. The Morgan fingerprint density at radius 1 is 1.30 bits per heavy atom. The number of hydrogen-bond acceptors (Lipinski definition) is 6. The third kappa shape index (κ3) is 4.17. The second-order valence-corrected chi connectivity index (χ2v) is 6.80. The van der Waals surface area contributed by atoms with E-state index in [9.17, 15) is 19.1 Å². The van der Waals surface area contributed by atoms with Crippen LogP contribution in [-0.4, -0.2) is 45.9 Å². The van der Waals surface area contributed by atoms with Gasteiger partial charge in [-0.2, -0.15) is 0 Å². The van der Waals surface area contributed by atoms with E-state index < -0.39 is 22.8 Å². The van der Waals surface area contributed by atoms with E-state index >= 15 is 0 Å². The van der Waals surface area contributed by atoms with E-state index in [0.29, 0.717) is 17.5 Å². The van der Waals surface area contributed by atoms with Crippen LogP contribution in [0.1, 0.15) is 27.0 Å². The summed E-state index contributed by atoms with van der Waals surface area (Å²) in [4.78, 5) is 29.1. The van der Waals surface area contributed by atoms with Gasteiger partial charge in [-0.05, 0) is 41.3 Å². The number of ether oxygens (including phenoxy) is 1. The number of nitrogens with zero attached hydrogens (tertiary/aromatic N) is 2. The highest BCUT2D eigenvalue weighted by molar-refractivity contribution is 6.01. The van der Waals surface area contributed by atoms with Gasteiger partial charge >= 0.3 is 0 Å². The van der Waals surface area contributed by atoms with Crippen molar-refractivity contribution in [3.05, 3.63) is 68.9 Å². The molecule has 3 N–H and O–H groups in total. The van der Waals surface area contributed by atoms with Crippen molar-refractivity contribution in [3.8, 4) is 5.75 Å². The predicted octanol–water partition coefficient (Wildman–Crippen LogP) is 1.24. The molecule has 1 aromatic carbocycles. The lowest BCUT2D eigenvalue weighted by atomic mass is 10.0. The number of amides is 1. The van der Waals surface area contributed by atoms with Crippen LogP contribution in [0.5, 0.6) is 5.75 Å². The lowest BCUT2D eigenvalue weighted by Gasteiger charge is -2.13. The highest BCUT2D eigenvalue weighted by Crippen LogP contribution is 2.26. The van der Waals surface area contributed by atoms with Crippen LogP contribution < -0.4 is 10.9 Å². The zero-order valence-electron chi connectivity index (χ0n) is 16.6. The van der Waals surface area contributed by atoms with E-state index in [1.54, 1.807) is 12.1 Å². The van der Waals surface area contributed by atoms with Crippen molar-refractivity contribution in [3.63, 3.8) is 0 Å². The van der Waals surface area contributed by atoms with Gasteiger partial charge in [0.2, 0.25) is 0 Å². The highest BCUT2D eigenvalue weighted by atomic mass is 19.1. The van der Waals surface area contributed by atoms with E-state index in [4.69, 9.17) is 9.84 Å². The van der Waals surface area contributed by atoms with E-state index in [0.717, 1.165) is 11.1 Å². The molecule has 9 heteroatoms. The molecule has 8 nitrogen and oxygen atoms in total. The summed E-state index contributed by atoms with van der Waals surface area (Å²) < 4.78 is 19.9. The summed E-state index contributed by atoms with van der Waals surface area (Å²) in [5.41, 5.74) is 1.61. The van der Waals surface area contributed by atoms with E-state index in [1.807, 2.05) is 0 Å². The summed E-state index contributed by atoms with van der Waals surface area (Å²) in [6.45, 7) is -0.0938. The van der Waals surface area contributed by atoms with E-state index in [2.05, 4.69) is 10.3 Å². The van der Waals surface area contributed by atoms with Crippen molar-refractivity contribution >= 4 is 16.9 Å². The number of hydrogen-bond donors (Lipinski definition) is 3. The smallest absolute Gasteiger partial charge is 0.267 e. The zero-order valence-corrected chi connectivity index (χ0v) is 16.6. The van der Waals surface area contributed by atoms with Crippen LogP contribution in [0.4, 0.5) is 4.39 Å². The van der Waals surface area contributed by atoms with Gasteiger partial charge in [0.1, 0.15) is 16.9 Å². The number of methoxy groups -OCH3 is 1. The first kappa shape index (κ1) is 21.4. The summed E-state index contributed by atoms with van der Waals surface area (Å²) in [6.07, 6.45) is 1.94. The molecular formula is C21H22FN3O5. The Kier molecular flexibility index (Phi) is 6.43. The highest BCUT2D eigenvalue weighted by Gasteiger charge is 2.22. The van der Waals surface area contributed by atoms with Gasteiger partial charge in [-0.15, -0.1) is 0 Å². The fraction of sp³-hybridized carbons (Fsp3) is 0.286. The number of benzene rings is 1. The Bertz CT molecular complexity index is 1160. The quantitative estimate of drug-likeness (QED) is 0.535. The Balaban J connectivity index is 2.05. The Morgan fingerprint density at radius 2 is 2.07 bits per heavy atom. The first-order valence-corrected chi connectivity index (χ1v) is 9.23. The molecule has 0 unspecified atom stereocenters. The fourth-order valence-electron chi connectivity index (χ4n) is 3.27. The molecule has 2 aromatic heterocycles. The first-order chi connectivity index (χ1) is 14.4. The molecule has 0 fully saturated rings. The van der Waals surface area contributed by atoms with Crippen LogP contribution in [0.2, 0.25) is 0 Å². The standard InChI is InChI=1S/C21H22FN3O5/c1-25-16-8-12(7-13-3-4-15(22)9-14(13)11-30-2)10-24-18(16)19(27)17(21(25)29)20(28)23-5-6-26/h3-4,8-10,26-27H,5-7,11H2,1-2H3,(H,23,28). The van der Waals surface area contributed by atoms with Gasteiger partial charge in [-0.3, -0.25) is 14.6 Å². The monoisotopic (exact) mass is 415 g/mol. The molecule has 0 aliphatic rings. The average molecular weight is 415 g/mol. The summed E-state index contributed by atoms with van der Waals surface area (Å²) in [5.74, 6) is -1.66. The molecule has 0 saturated heterocycles. The minimum atomic E-state index is -0.787. The Hall–Kier alpha value is -3.30. The molecular weight excluding hydrogens is 393 g/mol. The van der Waals surface area contributed by atoms with Crippen LogP contribution in [0.15, 0.2) is 35.3 Å². The van der Waals surface area contributed by atoms with E-state index in [1.165, 1.54) is 37.1 Å². The minimum Gasteiger partial charge on any atom is -0.505 e. The van der Waals surface area contributed by atoms with Crippen molar-refractivity contribution in [1.82, 2.24) is 14.9 Å². The molecule has 0 spiro atoms. The van der Waals surface area contributed by atoms with Gasteiger partial charge < -0.3 is 24.8 Å². The molecule has 0 aliphatic carbocycles. The summed E-state index contributed by atoms with van der Waals surface area (Å²) in [5, 5.41) is 21.7. The van der Waals surface area contributed by atoms with Gasteiger partial charge in [-0.25, -0.2) is 4.39 Å². The number of aryl methyl sites for hydroxylation is 1. The number of halogens is 1. The van der Waals surface area contributed by atoms with Gasteiger partial charge in [0, 0.05) is 26.9 Å². The molecule has 0 radical (unpaired) electrons. The summed E-state index contributed by atoms with van der Waals surface area (Å²) >= 11 is 0. The van der Waals surface area contributed by atoms with Gasteiger partial charge in [0.15, 0.2) is 5.75 Å². The summed E-state index contributed by atoms with van der Waals surface area (Å²) in [7, 11) is 3.01. The summed E-state index contributed by atoms with van der Waals surface area (Å²) in [6, 6.07) is 6.13. The first-order valence-electron chi connectivity index (χ1n) is 9.23. The van der Waals surface area contributed by atoms with Crippen molar-refractivity contribution in [1.29, 1.82) is 0 Å². The number of aromatic hydroxyl groups is 1. The molecule has 2 heterocycles. The number of aliphatic hydroxyl groups is 1. The number of pyridine rings is 2. The molecule has 1 amide bonds. The molecule has 0 bridgehead atoms. The molecule has 158 valence electrons. The van der Waals surface area contributed by atoms with Gasteiger partial charge in [0.25, 0.3) is 11.5 Å². The topological polar surface area (TPSA) is 114 Å². The number of nitrogens with one attached hydrogen (secondary N) is 1. The number of rotatable bonds is 7. The van der Waals surface area contributed by atoms with Crippen molar-refractivity contribution in [2.24, 2.45) is 7.05 Å². The molecule has 3 aromatic rings. The maximum Gasteiger partial charge on any atom is 0.267 e. The van der Waals surface area contributed by atoms with Crippen molar-refractivity contribution in [2.75, 3.05) is 20.3 Å². The van der Waals surface area contributed by atoms with Crippen molar-refractivity contribution < 1.29 is 24.1 Å². The SMILES string of the molecule is COCc1cc(F)ccc1Cc1cnc2c(O)c(C(=O)NCCO)c(=O)n(C)c2c1. The molecule has 30 heavy (non-hydrogen) atoms. The number of aliphatic hydroxyl groups excluding tert-OH is 1. The number of aromatic nitrogens is 2. The Labute approximate surface area is 171 Å². The second-order valence-electron chi connectivity index (χ2n) is 6.80. The average Bonchev–Trinajstić information content (AvgIpc) is 2.73. The van der Waals surface area contributed by atoms with Gasteiger partial charge in [0.05, 0.1) is 18.7 Å². The minimum absolute atomic E-state index is 0.0483. The van der Waals surface area contributed by atoms with Crippen LogP contribution >= 0.6 is 0 Å². The lowest BCUT2D eigenvalue weighted by Crippen LogP contribution is -2.34. The predicted molar refractivity (Wildman–Crippen MR) is 108 cm³/mol. The third-order valence-corrected chi connectivity index (χ3v) is 4.75. The molecule has 0 atom stereocenters. The Morgan fingerprint density at radius 3 is 2.77 bits per heavy atom. The maximum absolute atomic E-state index is 13.6. The number of carbonyl (C=O) groups is 1. The van der Waals surface area contributed by atoms with Crippen LogP contribution in [-0.2, 0) is 24.8 Å². The number of carbonyl (C=O) groups excluding carboxylic acids is 1. The number of fused-ring (bicyclic) bond motifs is 1. The molecule has 3 rings (SSSR count). The maximum atomic E-state index is 13.6. The van der Waals surface area contributed by atoms with Crippen LogP contribution in [0.3, 0.4) is 0 Å². The third-order valence-electron chi connectivity index (χ3n) is 4.75. The molecule has 0 saturated carbocycles. The largest absolute Gasteiger partial charge is 0.505 e. The van der Waals surface area contributed by atoms with Crippen LogP contribution in [0.25, 0.3) is 11.0 Å². The molecule has 0 aliphatic heterocycles. The zero-order chi connectivity index (χ0) is 21.8. The second kappa shape index (κ2) is 9.02. The van der Waals surface area contributed by atoms with E-state index in [-0.39, 0.29) is 31.1 Å².